The summed E-state index contributed by atoms with van der Waals surface area (Å²) in [4.78, 5) is 1.05. The summed E-state index contributed by atoms with van der Waals surface area (Å²) in [5, 5.41) is 1.99. The van der Waals surface area contributed by atoms with Gasteiger partial charge in [-0.3, -0.25) is 0 Å². The number of ether oxygens (including phenoxy) is 1. The zero-order valence-electron chi connectivity index (χ0n) is 10.7. The van der Waals surface area contributed by atoms with Crippen LogP contribution in [-0.2, 0) is 0 Å². The maximum absolute atomic E-state index is 13.1. The first-order valence-corrected chi connectivity index (χ1v) is 7.57. The van der Waals surface area contributed by atoms with Crippen LogP contribution in [0.1, 0.15) is 23.5 Å². The van der Waals surface area contributed by atoms with Crippen molar-refractivity contribution in [2.24, 2.45) is 5.73 Å². The van der Waals surface area contributed by atoms with Crippen molar-refractivity contribution in [3.8, 4) is 5.75 Å². The third-order valence-corrected chi connectivity index (χ3v) is 4.49. The Labute approximate surface area is 124 Å². The van der Waals surface area contributed by atoms with Gasteiger partial charge in [0.2, 0.25) is 0 Å². The van der Waals surface area contributed by atoms with Gasteiger partial charge < -0.3 is 10.5 Å². The number of hydrogen-bond acceptors (Lipinski definition) is 3. The average molecular weight is 344 g/mol. The summed E-state index contributed by atoms with van der Waals surface area (Å²) in [6.07, 6.45) is -0.236. The lowest BCUT2D eigenvalue weighted by Gasteiger charge is -2.22. The largest absolute Gasteiger partial charge is 0.483 e. The molecule has 0 saturated carbocycles. The minimum atomic E-state index is -0.263. The standard InChI is InChI=1S/C14H15BrFNOS/c1-8-5-11(16)3-4-12(8)18-14(9(2)17)13-6-10(15)7-19-13/h3-7,9,14H,17H2,1-2H3. The van der Waals surface area contributed by atoms with Gasteiger partial charge in [-0.15, -0.1) is 11.3 Å². The minimum absolute atomic E-state index is 0.157. The molecule has 0 fully saturated rings. The Morgan fingerprint density at radius 3 is 2.63 bits per heavy atom. The molecule has 2 aromatic rings. The Hall–Kier alpha value is -0.910. The highest BCUT2D eigenvalue weighted by Crippen LogP contribution is 2.32. The molecule has 1 heterocycles. The van der Waals surface area contributed by atoms with Crippen molar-refractivity contribution < 1.29 is 9.13 Å². The van der Waals surface area contributed by atoms with E-state index in [1.807, 2.05) is 25.3 Å². The van der Waals surface area contributed by atoms with Crippen LogP contribution in [0.5, 0.6) is 5.75 Å². The van der Waals surface area contributed by atoms with Gasteiger partial charge in [0.1, 0.15) is 17.7 Å². The predicted octanol–water partition coefficient (Wildman–Crippen LogP) is 4.43. The van der Waals surface area contributed by atoms with E-state index in [1.54, 1.807) is 17.4 Å². The molecule has 19 heavy (non-hydrogen) atoms. The molecule has 5 heteroatoms. The number of aryl methyl sites for hydroxylation is 1. The van der Waals surface area contributed by atoms with Gasteiger partial charge in [0.15, 0.2) is 0 Å². The summed E-state index contributed by atoms with van der Waals surface area (Å²) in [5.41, 5.74) is 6.76. The Kier molecular flexibility index (Phi) is 4.60. The Morgan fingerprint density at radius 2 is 2.11 bits per heavy atom. The number of halogens is 2. The molecule has 2 atom stereocenters. The van der Waals surface area contributed by atoms with Gasteiger partial charge in [0.05, 0.1) is 0 Å². The van der Waals surface area contributed by atoms with Crippen LogP contribution in [0.15, 0.2) is 34.1 Å². The second kappa shape index (κ2) is 6.03. The normalized spacial score (nSPS) is 14.2. The topological polar surface area (TPSA) is 35.2 Å². The average Bonchev–Trinajstić information content (AvgIpc) is 2.74. The summed E-state index contributed by atoms with van der Waals surface area (Å²) in [6.45, 7) is 3.72. The lowest BCUT2D eigenvalue weighted by molar-refractivity contribution is 0.182. The zero-order chi connectivity index (χ0) is 14.0. The fourth-order valence-electron chi connectivity index (χ4n) is 1.78. The molecule has 0 amide bonds. The predicted molar refractivity (Wildman–Crippen MR) is 80.2 cm³/mol. The number of hydrogen-bond donors (Lipinski definition) is 1. The molecule has 0 bridgehead atoms. The monoisotopic (exact) mass is 343 g/mol. The van der Waals surface area contributed by atoms with E-state index in [1.165, 1.54) is 12.1 Å². The van der Waals surface area contributed by atoms with Gasteiger partial charge in [-0.05, 0) is 59.6 Å². The number of thiophene rings is 1. The number of nitrogens with two attached hydrogens (primary N) is 1. The molecular formula is C14H15BrFNOS. The zero-order valence-corrected chi connectivity index (χ0v) is 13.1. The molecule has 0 aliphatic carbocycles. The lowest BCUT2D eigenvalue weighted by atomic mass is 10.1. The third-order valence-electron chi connectivity index (χ3n) is 2.74. The maximum Gasteiger partial charge on any atom is 0.148 e. The second-order valence-corrected chi connectivity index (χ2v) is 6.33. The van der Waals surface area contributed by atoms with Crippen molar-refractivity contribution in [2.75, 3.05) is 0 Å². The first kappa shape index (κ1) is 14.5. The van der Waals surface area contributed by atoms with Crippen LogP contribution >= 0.6 is 27.3 Å². The summed E-state index contributed by atoms with van der Waals surface area (Å²) < 4.78 is 20.1. The van der Waals surface area contributed by atoms with Crippen LogP contribution in [0, 0.1) is 12.7 Å². The molecule has 2 N–H and O–H groups in total. The van der Waals surface area contributed by atoms with Crippen LogP contribution in [-0.4, -0.2) is 6.04 Å². The molecule has 1 aromatic carbocycles. The highest BCUT2D eigenvalue weighted by atomic mass is 79.9. The van der Waals surface area contributed by atoms with Crippen LogP contribution in [0.3, 0.4) is 0 Å². The number of benzene rings is 1. The molecule has 0 spiro atoms. The van der Waals surface area contributed by atoms with Crippen LogP contribution in [0.4, 0.5) is 4.39 Å². The summed E-state index contributed by atoms with van der Waals surface area (Å²) in [7, 11) is 0. The van der Waals surface area contributed by atoms with Crippen LogP contribution in [0.25, 0.3) is 0 Å². The highest BCUT2D eigenvalue weighted by Gasteiger charge is 2.21. The van der Waals surface area contributed by atoms with Gasteiger partial charge in [-0.25, -0.2) is 4.39 Å². The van der Waals surface area contributed by atoms with Crippen molar-refractivity contribution in [3.63, 3.8) is 0 Å². The summed E-state index contributed by atoms with van der Waals surface area (Å²) in [6, 6.07) is 6.33. The Morgan fingerprint density at radius 1 is 1.37 bits per heavy atom. The molecule has 0 aliphatic heterocycles. The van der Waals surface area contributed by atoms with E-state index in [4.69, 9.17) is 10.5 Å². The Balaban J connectivity index is 2.26. The van der Waals surface area contributed by atoms with E-state index in [0.717, 1.165) is 14.9 Å². The van der Waals surface area contributed by atoms with Crippen molar-refractivity contribution in [1.29, 1.82) is 0 Å². The smallest absolute Gasteiger partial charge is 0.148 e. The molecule has 0 aliphatic rings. The van der Waals surface area contributed by atoms with Crippen molar-refractivity contribution in [1.82, 2.24) is 0 Å². The van der Waals surface area contributed by atoms with Gasteiger partial charge in [-0.1, -0.05) is 0 Å². The van der Waals surface area contributed by atoms with E-state index in [9.17, 15) is 4.39 Å². The third kappa shape index (κ3) is 3.55. The molecule has 2 unspecified atom stereocenters. The van der Waals surface area contributed by atoms with Crippen molar-refractivity contribution in [2.45, 2.75) is 26.0 Å². The second-order valence-electron chi connectivity index (χ2n) is 4.47. The molecule has 2 rings (SSSR count). The highest BCUT2D eigenvalue weighted by molar-refractivity contribution is 9.10. The van der Waals surface area contributed by atoms with Crippen molar-refractivity contribution >= 4 is 27.3 Å². The van der Waals surface area contributed by atoms with E-state index in [0.29, 0.717) is 5.75 Å². The molecule has 0 saturated heterocycles. The van der Waals surface area contributed by atoms with Gasteiger partial charge in [0.25, 0.3) is 0 Å². The van der Waals surface area contributed by atoms with Crippen LogP contribution < -0.4 is 10.5 Å². The SMILES string of the molecule is Cc1cc(F)ccc1OC(c1cc(Br)cs1)C(C)N. The van der Waals surface area contributed by atoms with E-state index in [-0.39, 0.29) is 18.0 Å². The first-order chi connectivity index (χ1) is 8.97. The van der Waals surface area contributed by atoms with Crippen LogP contribution in [0.2, 0.25) is 0 Å². The van der Waals surface area contributed by atoms with E-state index in [2.05, 4.69) is 15.9 Å². The maximum atomic E-state index is 13.1. The number of rotatable bonds is 4. The summed E-state index contributed by atoms with van der Waals surface area (Å²) in [5.74, 6) is 0.397. The van der Waals surface area contributed by atoms with E-state index >= 15 is 0 Å². The molecule has 102 valence electrons. The quantitative estimate of drug-likeness (QED) is 0.891. The molecule has 0 radical (unpaired) electrons. The fourth-order valence-corrected chi connectivity index (χ4v) is 3.37. The Bertz CT molecular complexity index is 570. The molecular weight excluding hydrogens is 329 g/mol. The van der Waals surface area contributed by atoms with E-state index < -0.39 is 0 Å². The summed E-state index contributed by atoms with van der Waals surface area (Å²) >= 11 is 5.01. The minimum Gasteiger partial charge on any atom is -0.483 e. The molecule has 2 nitrogen and oxygen atoms in total. The van der Waals surface area contributed by atoms with Gasteiger partial charge in [0, 0.05) is 20.8 Å². The molecule has 1 aromatic heterocycles. The lowest BCUT2D eigenvalue weighted by Crippen LogP contribution is -2.28. The first-order valence-electron chi connectivity index (χ1n) is 5.89. The van der Waals surface area contributed by atoms with Crippen molar-refractivity contribution in [3.05, 3.63) is 50.4 Å². The van der Waals surface area contributed by atoms with Gasteiger partial charge >= 0.3 is 0 Å². The van der Waals surface area contributed by atoms with Gasteiger partial charge in [-0.2, -0.15) is 0 Å². The fraction of sp³-hybridized carbons (Fsp3) is 0.286.